The van der Waals surface area contributed by atoms with E-state index in [4.69, 9.17) is 0 Å². The molecule has 2 rings (SSSR count). The van der Waals surface area contributed by atoms with E-state index in [1.807, 2.05) is 6.20 Å². The second kappa shape index (κ2) is 6.55. The summed E-state index contributed by atoms with van der Waals surface area (Å²) in [6, 6.07) is 2.11. The minimum absolute atomic E-state index is 0.831. The molecular formula is C15H23BrN2. The van der Waals surface area contributed by atoms with Crippen LogP contribution >= 0.6 is 15.9 Å². The number of aromatic nitrogens is 1. The van der Waals surface area contributed by atoms with Gasteiger partial charge in [-0.3, -0.25) is 0 Å². The maximum Gasteiger partial charge on any atom is 0.128 e. The predicted molar refractivity (Wildman–Crippen MR) is 80.9 cm³/mol. The fraction of sp³-hybridized carbons (Fsp3) is 0.667. The van der Waals surface area contributed by atoms with Crippen molar-refractivity contribution in [2.24, 2.45) is 11.8 Å². The van der Waals surface area contributed by atoms with Crippen molar-refractivity contribution in [3.8, 4) is 0 Å². The van der Waals surface area contributed by atoms with Gasteiger partial charge >= 0.3 is 0 Å². The average molecular weight is 311 g/mol. The molecule has 2 nitrogen and oxygen atoms in total. The highest BCUT2D eigenvalue weighted by Crippen LogP contribution is 2.30. The first-order chi connectivity index (χ1) is 8.69. The third-order valence-corrected chi connectivity index (χ3v) is 4.58. The van der Waals surface area contributed by atoms with E-state index >= 15 is 0 Å². The standard InChI is InChI=1S/C15H23BrN2/c1-3-12-4-6-13(7-5-12)9-17-15-11(2)8-14(16)10-18-15/h8,10,12-13H,3-7,9H2,1-2H3,(H,17,18). The highest BCUT2D eigenvalue weighted by molar-refractivity contribution is 9.10. The minimum atomic E-state index is 0.831. The SMILES string of the molecule is CCC1CCC(CNc2ncc(Br)cc2C)CC1. The molecule has 0 amide bonds. The minimum Gasteiger partial charge on any atom is -0.370 e. The fourth-order valence-electron chi connectivity index (χ4n) is 2.81. The molecule has 0 unspecified atom stereocenters. The van der Waals surface area contributed by atoms with Crippen LogP contribution < -0.4 is 5.32 Å². The van der Waals surface area contributed by atoms with Crippen LogP contribution in [0, 0.1) is 18.8 Å². The second-order valence-electron chi connectivity index (χ2n) is 5.49. The molecule has 0 radical (unpaired) electrons. The number of rotatable bonds is 4. The Bertz CT molecular complexity index is 384. The summed E-state index contributed by atoms with van der Waals surface area (Å²) in [6.07, 6.45) is 8.80. The molecule has 1 N–H and O–H groups in total. The Morgan fingerprint density at radius 1 is 1.28 bits per heavy atom. The van der Waals surface area contributed by atoms with Crippen LogP contribution in [-0.4, -0.2) is 11.5 Å². The van der Waals surface area contributed by atoms with Gasteiger partial charge in [0.05, 0.1) is 0 Å². The van der Waals surface area contributed by atoms with Crippen molar-refractivity contribution in [1.29, 1.82) is 0 Å². The summed E-state index contributed by atoms with van der Waals surface area (Å²) in [7, 11) is 0. The molecule has 1 aliphatic rings. The zero-order valence-corrected chi connectivity index (χ0v) is 13.0. The summed E-state index contributed by atoms with van der Waals surface area (Å²) in [5, 5.41) is 3.51. The average Bonchev–Trinajstić information content (AvgIpc) is 2.38. The maximum absolute atomic E-state index is 4.44. The van der Waals surface area contributed by atoms with Crippen LogP contribution in [0.5, 0.6) is 0 Å². The molecule has 1 fully saturated rings. The van der Waals surface area contributed by atoms with Crippen molar-refractivity contribution in [3.05, 3.63) is 22.3 Å². The van der Waals surface area contributed by atoms with Gasteiger partial charge in [-0.1, -0.05) is 26.2 Å². The smallest absolute Gasteiger partial charge is 0.128 e. The molecule has 0 saturated heterocycles. The molecule has 0 aromatic carbocycles. The lowest BCUT2D eigenvalue weighted by Crippen LogP contribution is -2.21. The zero-order chi connectivity index (χ0) is 13.0. The fourth-order valence-corrected chi connectivity index (χ4v) is 3.26. The molecule has 1 heterocycles. The van der Waals surface area contributed by atoms with Gasteiger partial charge in [0, 0.05) is 17.2 Å². The van der Waals surface area contributed by atoms with E-state index in [1.54, 1.807) is 0 Å². The topological polar surface area (TPSA) is 24.9 Å². The summed E-state index contributed by atoms with van der Waals surface area (Å²) in [5.74, 6) is 2.85. The highest BCUT2D eigenvalue weighted by Gasteiger charge is 2.19. The molecule has 1 aliphatic carbocycles. The van der Waals surface area contributed by atoms with Crippen molar-refractivity contribution in [3.63, 3.8) is 0 Å². The number of aryl methyl sites for hydroxylation is 1. The summed E-state index contributed by atoms with van der Waals surface area (Å²) in [5.41, 5.74) is 1.21. The predicted octanol–water partition coefficient (Wildman–Crippen LogP) is 4.78. The van der Waals surface area contributed by atoms with Crippen molar-refractivity contribution in [2.45, 2.75) is 46.0 Å². The van der Waals surface area contributed by atoms with Gasteiger partial charge in [0.15, 0.2) is 0 Å². The molecule has 100 valence electrons. The number of anilines is 1. The Labute approximate surface area is 119 Å². The number of halogens is 1. The highest BCUT2D eigenvalue weighted by atomic mass is 79.9. The van der Waals surface area contributed by atoms with Gasteiger partial charge in [-0.15, -0.1) is 0 Å². The maximum atomic E-state index is 4.44. The monoisotopic (exact) mass is 310 g/mol. The van der Waals surface area contributed by atoms with Crippen molar-refractivity contribution < 1.29 is 0 Å². The van der Waals surface area contributed by atoms with Gasteiger partial charge in [-0.05, 0) is 59.2 Å². The number of hydrogen-bond donors (Lipinski definition) is 1. The van der Waals surface area contributed by atoms with Crippen molar-refractivity contribution in [1.82, 2.24) is 4.98 Å². The Balaban J connectivity index is 1.81. The van der Waals surface area contributed by atoms with E-state index in [1.165, 1.54) is 37.7 Å². The largest absolute Gasteiger partial charge is 0.370 e. The molecule has 1 saturated carbocycles. The number of nitrogens with zero attached hydrogens (tertiary/aromatic N) is 1. The van der Waals surface area contributed by atoms with Crippen LogP contribution in [0.1, 0.15) is 44.6 Å². The normalized spacial score (nSPS) is 23.9. The Morgan fingerprint density at radius 3 is 2.56 bits per heavy atom. The molecular weight excluding hydrogens is 288 g/mol. The van der Waals surface area contributed by atoms with E-state index in [9.17, 15) is 0 Å². The zero-order valence-electron chi connectivity index (χ0n) is 11.4. The molecule has 1 aromatic rings. The third-order valence-electron chi connectivity index (χ3n) is 4.15. The lowest BCUT2D eigenvalue weighted by atomic mass is 9.81. The van der Waals surface area contributed by atoms with Crippen molar-refractivity contribution >= 4 is 21.7 Å². The quantitative estimate of drug-likeness (QED) is 0.865. The van der Waals surface area contributed by atoms with Gasteiger partial charge in [-0.25, -0.2) is 4.98 Å². The van der Waals surface area contributed by atoms with Gasteiger partial charge in [0.1, 0.15) is 5.82 Å². The van der Waals surface area contributed by atoms with E-state index in [-0.39, 0.29) is 0 Å². The van der Waals surface area contributed by atoms with E-state index < -0.39 is 0 Å². The lowest BCUT2D eigenvalue weighted by molar-refractivity contribution is 0.278. The van der Waals surface area contributed by atoms with E-state index in [0.717, 1.165) is 28.7 Å². The van der Waals surface area contributed by atoms with E-state index in [2.05, 4.69) is 46.1 Å². The number of hydrogen-bond acceptors (Lipinski definition) is 2. The summed E-state index contributed by atoms with van der Waals surface area (Å²) in [4.78, 5) is 4.44. The molecule has 3 heteroatoms. The summed E-state index contributed by atoms with van der Waals surface area (Å²) >= 11 is 3.45. The van der Waals surface area contributed by atoms with Crippen LogP contribution in [0.15, 0.2) is 16.7 Å². The first-order valence-electron chi connectivity index (χ1n) is 7.05. The molecule has 0 atom stereocenters. The van der Waals surface area contributed by atoms with Crippen LogP contribution in [0.2, 0.25) is 0 Å². The van der Waals surface area contributed by atoms with Crippen LogP contribution in [0.3, 0.4) is 0 Å². The Hall–Kier alpha value is -0.570. The van der Waals surface area contributed by atoms with Crippen molar-refractivity contribution in [2.75, 3.05) is 11.9 Å². The Kier molecular flexibility index (Phi) is 5.04. The molecule has 0 aliphatic heterocycles. The van der Waals surface area contributed by atoms with Gasteiger partial charge in [-0.2, -0.15) is 0 Å². The Morgan fingerprint density at radius 2 is 1.94 bits per heavy atom. The summed E-state index contributed by atoms with van der Waals surface area (Å²) in [6.45, 7) is 5.50. The van der Waals surface area contributed by atoms with Gasteiger partial charge in [0.25, 0.3) is 0 Å². The first-order valence-corrected chi connectivity index (χ1v) is 7.84. The molecule has 1 aromatic heterocycles. The van der Waals surface area contributed by atoms with Crippen LogP contribution in [-0.2, 0) is 0 Å². The number of pyridine rings is 1. The second-order valence-corrected chi connectivity index (χ2v) is 6.41. The first kappa shape index (κ1) is 13.9. The molecule has 0 bridgehead atoms. The molecule has 18 heavy (non-hydrogen) atoms. The summed E-state index contributed by atoms with van der Waals surface area (Å²) < 4.78 is 1.05. The third kappa shape index (κ3) is 3.71. The van der Waals surface area contributed by atoms with Gasteiger partial charge < -0.3 is 5.32 Å². The number of nitrogens with one attached hydrogen (secondary N) is 1. The van der Waals surface area contributed by atoms with Crippen LogP contribution in [0.4, 0.5) is 5.82 Å². The lowest BCUT2D eigenvalue weighted by Gasteiger charge is -2.28. The molecule has 0 spiro atoms. The van der Waals surface area contributed by atoms with Crippen LogP contribution in [0.25, 0.3) is 0 Å². The van der Waals surface area contributed by atoms with E-state index in [0.29, 0.717) is 0 Å². The van der Waals surface area contributed by atoms with Gasteiger partial charge in [0.2, 0.25) is 0 Å².